The van der Waals surface area contributed by atoms with Gasteiger partial charge in [0, 0.05) is 13.0 Å². The molecule has 1 aromatic rings. The molecule has 6 nitrogen and oxygen atoms in total. The summed E-state index contributed by atoms with van der Waals surface area (Å²) in [6, 6.07) is 6.84. The fraction of sp³-hybridized carbons (Fsp3) is 0.385. The molecule has 0 saturated carbocycles. The van der Waals surface area contributed by atoms with Gasteiger partial charge in [0.25, 0.3) is 0 Å². The number of β-amino-alcohol motifs (C(OH)–C–C–N with tert-alkyl or cyclic N) is 1. The number of nitrogens with two attached hydrogens (primary N) is 1. The molecule has 19 heavy (non-hydrogen) atoms. The normalized spacial score (nSPS) is 24.2. The van der Waals surface area contributed by atoms with Crippen molar-refractivity contribution in [1.29, 1.82) is 0 Å². The van der Waals surface area contributed by atoms with Crippen LogP contribution in [0.3, 0.4) is 0 Å². The molecule has 102 valence electrons. The third kappa shape index (κ3) is 2.74. The molecule has 2 rings (SSSR count). The highest BCUT2D eigenvalue weighted by Gasteiger charge is 2.40. The van der Waals surface area contributed by atoms with Crippen LogP contribution in [-0.4, -0.2) is 45.7 Å². The van der Waals surface area contributed by atoms with Gasteiger partial charge in [-0.3, -0.25) is 4.79 Å². The van der Waals surface area contributed by atoms with Gasteiger partial charge in [-0.15, -0.1) is 0 Å². The second-order valence-corrected chi connectivity index (χ2v) is 4.62. The molecule has 0 radical (unpaired) electrons. The number of rotatable bonds is 3. The molecule has 1 aliphatic rings. The predicted octanol–water partition coefficient (Wildman–Crippen LogP) is -0.267. The van der Waals surface area contributed by atoms with Crippen molar-refractivity contribution in [1.82, 2.24) is 4.90 Å². The fourth-order valence-corrected chi connectivity index (χ4v) is 2.27. The number of carbonyl (C=O) groups excluding carboxylic acids is 1. The first-order valence-corrected chi connectivity index (χ1v) is 6.02. The van der Waals surface area contributed by atoms with Crippen molar-refractivity contribution in [2.45, 2.75) is 24.6 Å². The van der Waals surface area contributed by atoms with Gasteiger partial charge in [0.1, 0.15) is 12.1 Å². The highest BCUT2D eigenvalue weighted by atomic mass is 16.4. The molecule has 0 bridgehead atoms. The van der Waals surface area contributed by atoms with Crippen molar-refractivity contribution >= 4 is 11.9 Å². The van der Waals surface area contributed by atoms with Crippen LogP contribution in [-0.2, 0) is 9.59 Å². The molecule has 3 atom stereocenters. The lowest BCUT2D eigenvalue weighted by atomic mass is 10.1. The van der Waals surface area contributed by atoms with Gasteiger partial charge in [-0.1, -0.05) is 30.3 Å². The zero-order valence-corrected chi connectivity index (χ0v) is 10.3. The highest BCUT2D eigenvalue weighted by Crippen LogP contribution is 2.22. The Morgan fingerprint density at radius 1 is 1.32 bits per heavy atom. The van der Waals surface area contributed by atoms with Crippen LogP contribution in [0.4, 0.5) is 0 Å². The van der Waals surface area contributed by atoms with Crippen LogP contribution in [0.1, 0.15) is 18.0 Å². The maximum atomic E-state index is 12.2. The van der Waals surface area contributed by atoms with Crippen molar-refractivity contribution < 1.29 is 19.8 Å². The van der Waals surface area contributed by atoms with E-state index < -0.39 is 30.1 Å². The van der Waals surface area contributed by atoms with Crippen molar-refractivity contribution in [2.24, 2.45) is 5.73 Å². The minimum Gasteiger partial charge on any atom is -0.480 e. The van der Waals surface area contributed by atoms with E-state index in [4.69, 9.17) is 10.8 Å². The van der Waals surface area contributed by atoms with Gasteiger partial charge in [0.05, 0.1) is 6.10 Å². The summed E-state index contributed by atoms with van der Waals surface area (Å²) in [6.45, 7) is 0.0103. The molecule has 1 aromatic carbocycles. The van der Waals surface area contributed by atoms with Gasteiger partial charge >= 0.3 is 5.97 Å². The summed E-state index contributed by atoms with van der Waals surface area (Å²) in [5, 5.41) is 18.6. The number of amides is 1. The summed E-state index contributed by atoms with van der Waals surface area (Å²) in [4.78, 5) is 24.5. The number of carbonyl (C=O) groups is 2. The van der Waals surface area contributed by atoms with Crippen LogP contribution >= 0.6 is 0 Å². The first kappa shape index (κ1) is 13.5. The van der Waals surface area contributed by atoms with E-state index in [0.29, 0.717) is 5.56 Å². The Labute approximate surface area is 110 Å². The summed E-state index contributed by atoms with van der Waals surface area (Å²) in [5.41, 5.74) is 6.48. The Balaban J connectivity index is 2.17. The predicted molar refractivity (Wildman–Crippen MR) is 67.1 cm³/mol. The van der Waals surface area contributed by atoms with Crippen LogP contribution in [0.5, 0.6) is 0 Å². The number of likely N-dealkylation sites (tertiary alicyclic amines) is 1. The van der Waals surface area contributed by atoms with E-state index in [9.17, 15) is 14.7 Å². The summed E-state index contributed by atoms with van der Waals surface area (Å²) in [5.74, 6) is -1.60. The third-order valence-electron chi connectivity index (χ3n) is 3.27. The van der Waals surface area contributed by atoms with Crippen LogP contribution in [0.15, 0.2) is 30.3 Å². The Bertz CT molecular complexity index is 477. The van der Waals surface area contributed by atoms with Crippen molar-refractivity contribution in [3.8, 4) is 0 Å². The van der Waals surface area contributed by atoms with Gasteiger partial charge in [-0.2, -0.15) is 0 Å². The van der Waals surface area contributed by atoms with Crippen molar-refractivity contribution in [3.05, 3.63) is 35.9 Å². The van der Waals surface area contributed by atoms with Crippen molar-refractivity contribution in [2.75, 3.05) is 6.54 Å². The van der Waals surface area contributed by atoms with E-state index in [1.807, 2.05) is 0 Å². The maximum absolute atomic E-state index is 12.2. The van der Waals surface area contributed by atoms with E-state index in [2.05, 4.69) is 0 Å². The lowest BCUT2D eigenvalue weighted by Crippen LogP contribution is -2.45. The number of aliphatic hydroxyl groups excluding tert-OH is 1. The molecular formula is C13H16N2O4. The van der Waals surface area contributed by atoms with Gasteiger partial charge < -0.3 is 20.8 Å². The van der Waals surface area contributed by atoms with Crippen LogP contribution in [0, 0.1) is 0 Å². The van der Waals surface area contributed by atoms with E-state index in [1.165, 1.54) is 0 Å². The molecule has 0 unspecified atom stereocenters. The summed E-state index contributed by atoms with van der Waals surface area (Å²) >= 11 is 0. The number of aliphatic hydroxyl groups is 1. The molecule has 0 spiro atoms. The minimum absolute atomic E-state index is 0.0103. The molecule has 1 amide bonds. The summed E-state index contributed by atoms with van der Waals surface area (Å²) in [6.07, 6.45) is -0.768. The molecule has 1 fully saturated rings. The van der Waals surface area contributed by atoms with Gasteiger partial charge in [-0.25, -0.2) is 4.79 Å². The Kier molecular flexibility index (Phi) is 3.82. The largest absolute Gasteiger partial charge is 0.480 e. The molecule has 0 aromatic heterocycles. The Morgan fingerprint density at radius 3 is 2.53 bits per heavy atom. The van der Waals surface area contributed by atoms with Gasteiger partial charge in [0.2, 0.25) is 5.91 Å². The lowest BCUT2D eigenvalue weighted by molar-refractivity contribution is -0.148. The number of hydrogen-bond donors (Lipinski definition) is 3. The number of aliphatic carboxylic acids is 1. The first-order chi connectivity index (χ1) is 9.00. The molecule has 1 saturated heterocycles. The van der Waals surface area contributed by atoms with Crippen LogP contribution in [0.25, 0.3) is 0 Å². The van der Waals surface area contributed by atoms with Crippen molar-refractivity contribution in [3.63, 3.8) is 0 Å². The highest BCUT2D eigenvalue weighted by molar-refractivity contribution is 5.88. The van der Waals surface area contributed by atoms with E-state index in [1.54, 1.807) is 30.3 Å². The number of hydrogen-bond acceptors (Lipinski definition) is 4. The average molecular weight is 264 g/mol. The van der Waals surface area contributed by atoms with E-state index >= 15 is 0 Å². The number of carboxylic acid groups (broad SMARTS) is 1. The second-order valence-electron chi connectivity index (χ2n) is 4.62. The SMILES string of the molecule is N[C@@H](C(=O)N1C[C@H](O)C[C@H]1C(=O)O)c1ccccc1. The standard InChI is InChI=1S/C13H16N2O4/c14-11(8-4-2-1-3-5-8)12(17)15-7-9(16)6-10(15)13(18)19/h1-5,9-11,16H,6-7,14H2,(H,18,19)/t9-,10+,11-/m1/s1. The van der Waals surface area contributed by atoms with Crippen LogP contribution in [0.2, 0.25) is 0 Å². The second kappa shape index (κ2) is 5.38. The molecule has 1 aliphatic heterocycles. The van der Waals surface area contributed by atoms with Gasteiger partial charge in [-0.05, 0) is 5.56 Å². The quantitative estimate of drug-likeness (QED) is 0.697. The zero-order chi connectivity index (χ0) is 14.0. The maximum Gasteiger partial charge on any atom is 0.326 e. The average Bonchev–Trinajstić information content (AvgIpc) is 2.80. The minimum atomic E-state index is -1.12. The first-order valence-electron chi connectivity index (χ1n) is 6.02. The lowest BCUT2D eigenvalue weighted by Gasteiger charge is -2.24. The zero-order valence-electron chi connectivity index (χ0n) is 10.3. The molecule has 6 heteroatoms. The molecule has 4 N–H and O–H groups in total. The smallest absolute Gasteiger partial charge is 0.326 e. The number of benzene rings is 1. The Hall–Kier alpha value is -1.92. The van der Waals surface area contributed by atoms with Crippen LogP contribution < -0.4 is 5.73 Å². The number of carboxylic acids is 1. The third-order valence-corrected chi connectivity index (χ3v) is 3.27. The molecule has 1 heterocycles. The monoisotopic (exact) mass is 264 g/mol. The summed E-state index contributed by atoms with van der Waals surface area (Å²) in [7, 11) is 0. The number of nitrogens with zero attached hydrogens (tertiary/aromatic N) is 1. The fourth-order valence-electron chi connectivity index (χ4n) is 2.27. The topological polar surface area (TPSA) is 104 Å². The molecule has 0 aliphatic carbocycles. The van der Waals surface area contributed by atoms with E-state index in [-0.39, 0.29) is 13.0 Å². The molecular weight excluding hydrogens is 248 g/mol. The summed E-state index contributed by atoms with van der Waals surface area (Å²) < 4.78 is 0. The Morgan fingerprint density at radius 2 is 1.95 bits per heavy atom. The van der Waals surface area contributed by atoms with E-state index in [0.717, 1.165) is 4.90 Å². The van der Waals surface area contributed by atoms with Gasteiger partial charge in [0.15, 0.2) is 0 Å².